The van der Waals surface area contributed by atoms with Crippen LogP contribution < -0.4 is 5.32 Å². The van der Waals surface area contributed by atoms with Gasteiger partial charge in [0.2, 0.25) is 0 Å². The first kappa shape index (κ1) is 38.1. The molecule has 3 rings (SSSR count). The van der Waals surface area contributed by atoms with E-state index in [-0.39, 0.29) is 43.0 Å². The third-order valence-electron chi connectivity index (χ3n) is 7.56. The number of hydrogen-bond acceptors (Lipinski definition) is 5. The molecule has 10 heteroatoms. The maximum atomic E-state index is 15.1. The van der Waals surface area contributed by atoms with Crippen LogP contribution in [0.5, 0.6) is 0 Å². The summed E-state index contributed by atoms with van der Waals surface area (Å²) in [6.07, 6.45) is 9.42. The summed E-state index contributed by atoms with van der Waals surface area (Å²) in [5, 5.41) is 3.35. The number of hydrogen-bond donors (Lipinski definition) is 1. The van der Waals surface area contributed by atoms with E-state index in [4.69, 9.17) is 9.73 Å². The van der Waals surface area contributed by atoms with Gasteiger partial charge in [0, 0.05) is 39.3 Å². The van der Waals surface area contributed by atoms with Crippen LogP contribution in [0, 0.1) is 11.2 Å². The molecule has 1 aliphatic heterocycles. The van der Waals surface area contributed by atoms with Gasteiger partial charge in [0.05, 0.1) is 24.6 Å². The molecule has 0 radical (unpaired) electrons. The molecular formula is C36H48F4N4O2. The fourth-order valence-corrected chi connectivity index (χ4v) is 4.81. The zero-order valence-electron chi connectivity index (χ0n) is 27.9. The number of ketones is 1. The van der Waals surface area contributed by atoms with Crippen LogP contribution in [0.4, 0.5) is 17.6 Å². The normalized spacial score (nSPS) is 16.8. The third kappa shape index (κ3) is 10.5. The predicted octanol–water partition coefficient (Wildman–Crippen LogP) is 9.16. The Morgan fingerprint density at radius 2 is 1.93 bits per heavy atom. The van der Waals surface area contributed by atoms with E-state index in [1.165, 1.54) is 24.0 Å². The number of fused-ring (bicyclic) bond motifs is 1. The lowest BCUT2D eigenvalue weighted by Crippen LogP contribution is -2.35. The van der Waals surface area contributed by atoms with Crippen LogP contribution >= 0.6 is 0 Å². The van der Waals surface area contributed by atoms with E-state index in [1.54, 1.807) is 19.3 Å². The SMILES string of the molecule is C=C(/C=C(\OC)C(C)(C)C(F)(F)F)CC(=O)Cc1ccc(C2=CNC3C=C(CCCCC=NC=NC)C(C)=CC3=N2)cc1F.CC.[HH]. The van der Waals surface area contributed by atoms with Crippen molar-refractivity contribution in [2.24, 2.45) is 20.4 Å². The number of carbonyl (C=O) groups is 1. The number of unbranched alkanes of at least 4 members (excludes halogenated alkanes) is 2. The second kappa shape index (κ2) is 17.6. The smallest absolute Gasteiger partial charge is 0.400 e. The van der Waals surface area contributed by atoms with Gasteiger partial charge in [-0.25, -0.2) is 14.4 Å². The van der Waals surface area contributed by atoms with Crippen LogP contribution in [0.25, 0.3) is 5.70 Å². The van der Waals surface area contributed by atoms with Crippen LogP contribution in [0.3, 0.4) is 0 Å². The minimum Gasteiger partial charge on any atom is -0.500 e. The van der Waals surface area contributed by atoms with Gasteiger partial charge < -0.3 is 10.1 Å². The number of Topliss-reactive ketones (excluding diaryl/α,β-unsaturated/α-hetero) is 1. The Morgan fingerprint density at radius 3 is 2.57 bits per heavy atom. The van der Waals surface area contributed by atoms with E-state index in [0.29, 0.717) is 11.3 Å². The molecule has 6 nitrogen and oxygen atoms in total. The van der Waals surface area contributed by atoms with Crippen LogP contribution in [0.15, 0.2) is 86.7 Å². The topological polar surface area (TPSA) is 75.4 Å². The van der Waals surface area contributed by atoms with E-state index in [2.05, 4.69) is 41.0 Å². The average Bonchev–Trinajstić information content (AvgIpc) is 3.00. The van der Waals surface area contributed by atoms with Crippen LogP contribution in [-0.4, -0.2) is 50.4 Å². The summed E-state index contributed by atoms with van der Waals surface area (Å²) in [6.45, 7) is 11.7. The van der Waals surface area contributed by atoms with Gasteiger partial charge >= 0.3 is 6.18 Å². The third-order valence-corrected chi connectivity index (χ3v) is 7.56. The highest BCUT2D eigenvalue weighted by atomic mass is 19.4. The van der Waals surface area contributed by atoms with Gasteiger partial charge in [0.1, 0.15) is 29.1 Å². The fraction of sp³-hybridized carbons (Fsp3) is 0.444. The number of allylic oxidation sites excluding steroid dienone is 5. The number of alkyl halides is 3. The highest BCUT2D eigenvalue weighted by Crippen LogP contribution is 2.44. The summed E-state index contributed by atoms with van der Waals surface area (Å²) in [6, 6.07) is 4.50. The maximum Gasteiger partial charge on any atom is 0.400 e. The first-order valence-corrected chi connectivity index (χ1v) is 15.4. The summed E-state index contributed by atoms with van der Waals surface area (Å²) in [7, 11) is 2.82. The Bertz CT molecular complexity index is 1470. The van der Waals surface area contributed by atoms with E-state index in [9.17, 15) is 18.0 Å². The average molecular weight is 645 g/mol. The van der Waals surface area contributed by atoms with Crippen LogP contribution in [0.1, 0.15) is 79.3 Å². The highest BCUT2D eigenvalue weighted by molar-refractivity contribution is 6.06. The van der Waals surface area contributed by atoms with Crippen LogP contribution in [-0.2, 0) is 16.0 Å². The molecule has 1 unspecified atom stereocenters. The van der Waals surface area contributed by atoms with Crippen molar-refractivity contribution in [1.82, 2.24) is 5.32 Å². The van der Waals surface area contributed by atoms with Crippen molar-refractivity contribution >= 4 is 29.7 Å². The summed E-state index contributed by atoms with van der Waals surface area (Å²) in [4.78, 5) is 25.3. The van der Waals surface area contributed by atoms with Gasteiger partial charge in [-0.15, -0.1) is 0 Å². The van der Waals surface area contributed by atoms with Gasteiger partial charge in [0.15, 0.2) is 0 Å². The standard InChI is InChI=1S/C34H40F4N4O2.C2H6.H2/c1-22(15-32(44-6)33(3,4)34(36,37)38)14-27(43)17-25-11-12-26(18-28(25)35)31-20-41-29-19-24(23(2)16-30(29)42-31)10-8-7-9-13-40-21-39-5;1-2;/h11-13,15-16,18-21,29,41H,1,7-10,14,17H2,2-6H3;1-2H3;1H/b32-15-,39-21?,40-13?;;. The van der Waals surface area contributed by atoms with Crippen molar-refractivity contribution in [2.75, 3.05) is 14.2 Å². The molecule has 1 aromatic carbocycles. The molecule has 0 spiro atoms. The van der Waals surface area contributed by atoms with E-state index >= 15 is 4.39 Å². The van der Waals surface area contributed by atoms with E-state index in [0.717, 1.165) is 64.0 Å². The zero-order chi connectivity index (χ0) is 34.5. The van der Waals surface area contributed by atoms with Gasteiger partial charge in [-0.1, -0.05) is 38.6 Å². The highest BCUT2D eigenvalue weighted by Gasteiger charge is 2.51. The van der Waals surface area contributed by atoms with Crippen molar-refractivity contribution in [3.05, 3.63) is 88.6 Å². The Labute approximate surface area is 272 Å². The van der Waals surface area contributed by atoms with Crippen LogP contribution in [0.2, 0.25) is 0 Å². The molecule has 1 aliphatic carbocycles. The molecule has 0 amide bonds. The second-order valence-electron chi connectivity index (χ2n) is 11.4. The van der Waals surface area contributed by atoms with Gasteiger partial charge in [-0.05, 0) is 87.0 Å². The predicted molar refractivity (Wildman–Crippen MR) is 183 cm³/mol. The molecule has 0 fully saturated rings. The number of ether oxygens (including phenoxy) is 1. The monoisotopic (exact) mass is 644 g/mol. The lowest BCUT2D eigenvalue weighted by Gasteiger charge is -2.29. The number of carbonyl (C=O) groups excluding carboxylic acids is 1. The van der Waals surface area contributed by atoms with E-state index in [1.807, 2.05) is 20.1 Å². The maximum absolute atomic E-state index is 15.1. The van der Waals surface area contributed by atoms with Crippen molar-refractivity contribution in [3.8, 4) is 0 Å². The summed E-state index contributed by atoms with van der Waals surface area (Å²) < 4.78 is 60.2. The van der Waals surface area contributed by atoms with Crippen molar-refractivity contribution in [3.63, 3.8) is 0 Å². The van der Waals surface area contributed by atoms with Gasteiger partial charge in [-0.2, -0.15) is 13.2 Å². The fourth-order valence-electron chi connectivity index (χ4n) is 4.81. The number of methoxy groups -OCH3 is 1. The largest absolute Gasteiger partial charge is 0.500 e. The quantitative estimate of drug-likeness (QED) is 0.0548. The molecule has 1 aromatic rings. The zero-order valence-corrected chi connectivity index (χ0v) is 27.9. The molecule has 0 saturated heterocycles. The molecule has 0 saturated carbocycles. The van der Waals surface area contributed by atoms with Crippen molar-refractivity contribution in [2.45, 2.75) is 85.4 Å². The molecular weight excluding hydrogens is 596 g/mol. The Kier molecular flexibility index (Phi) is 14.6. The lowest BCUT2D eigenvalue weighted by molar-refractivity contribution is -0.208. The Hall–Kier alpha value is -4.08. The molecule has 2 aliphatic rings. The Morgan fingerprint density at radius 1 is 1.22 bits per heavy atom. The van der Waals surface area contributed by atoms with Crippen molar-refractivity contribution < 1.29 is 28.5 Å². The number of aliphatic imine (C=N–C) groups is 3. The van der Waals surface area contributed by atoms with E-state index < -0.39 is 17.4 Å². The molecule has 0 aromatic heterocycles. The summed E-state index contributed by atoms with van der Waals surface area (Å²) in [5.74, 6) is -1.31. The summed E-state index contributed by atoms with van der Waals surface area (Å²) >= 11 is 0. The number of nitrogens with one attached hydrogen (secondary N) is 1. The van der Waals surface area contributed by atoms with Crippen molar-refractivity contribution in [1.29, 1.82) is 0 Å². The Balaban J connectivity index is 0.00000361. The lowest BCUT2D eigenvalue weighted by atomic mass is 9.88. The molecule has 46 heavy (non-hydrogen) atoms. The minimum absolute atomic E-state index is 0. The van der Waals surface area contributed by atoms with Gasteiger partial charge in [0.25, 0.3) is 0 Å². The minimum atomic E-state index is -4.55. The molecule has 1 heterocycles. The molecule has 1 N–H and O–H groups in total. The molecule has 252 valence electrons. The first-order chi connectivity index (χ1) is 21.8. The summed E-state index contributed by atoms with van der Waals surface area (Å²) in [5.41, 5.74) is 2.44. The number of benzene rings is 1. The number of rotatable bonds is 14. The molecule has 0 bridgehead atoms. The second-order valence-corrected chi connectivity index (χ2v) is 11.4. The number of nitrogens with zero attached hydrogens (tertiary/aromatic N) is 3. The van der Waals surface area contributed by atoms with Gasteiger partial charge in [-0.3, -0.25) is 9.79 Å². The first-order valence-electron chi connectivity index (χ1n) is 15.4. The molecule has 1 atom stereocenters. The number of halogens is 4.